The topological polar surface area (TPSA) is 0 Å². The standard InChI is InChI=1S/C23H16ClSi.2ClH.Zr/c1-25(24)20-13-14-7-6-12-19(21(14)23(20)25)22-17-10-4-2-8-15(17)16-9-3-5-11-18(16)22;;;/h2-13,22H,1H3;2*1H;/q-1;;;+3/p-2. The van der Waals surface area contributed by atoms with Crippen LogP contribution in [-0.2, 0) is 26.2 Å². The number of rotatable bonds is 1. The fourth-order valence-corrected chi connectivity index (χ4v) is 8.66. The quantitative estimate of drug-likeness (QED) is 0.151. The summed E-state index contributed by atoms with van der Waals surface area (Å²) in [4.78, 5) is 0. The van der Waals surface area contributed by atoms with Gasteiger partial charge in [0.05, 0.1) is 0 Å². The smallest absolute Gasteiger partial charge is 1.00 e. The van der Waals surface area contributed by atoms with Crippen LogP contribution in [0.3, 0.4) is 0 Å². The fraction of sp³-hybridized carbons (Fsp3) is 0.0870. The second kappa shape index (κ2) is 7.49. The minimum Gasteiger partial charge on any atom is -1.00 e. The summed E-state index contributed by atoms with van der Waals surface area (Å²) < 4.78 is 0. The van der Waals surface area contributed by atoms with Crippen LogP contribution in [0.1, 0.15) is 22.6 Å². The van der Waals surface area contributed by atoms with Crippen molar-refractivity contribution in [1.82, 2.24) is 0 Å². The number of halogens is 3. The summed E-state index contributed by atoms with van der Waals surface area (Å²) in [6, 6.07) is 26.8. The third-order valence-electron chi connectivity index (χ3n) is 6.01. The molecule has 0 spiro atoms. The summed E-state index contributed by atoms with van der Waals surface area (Å²) in [5.74, 6) is 0.310. The maximum absolute atomic E-state index is 6.85. The molecule has 0 saturated carbocycles. The Morgan fingerprint density at radius 3 is 1.93 bits per heavy atom. The average molecular weight is 518 g/mol. The minimum atomic E-state index is -1.77. The van der Waals surface area contributed by atoms with Crippen molar-refractivity contribution in [3.63, 3.8) is 0 Å². The van der Waals surface area contributed by atoms with Gasteiger partial charge in [0.2, 0.25) is 0 Å². The number of hydrogen-bond acceptors (Lipinski definition) is 0. The molecule has 1 aliphatic heterocycles. The summed E-state index contributed by atoms with van der Waals surface area (Å²) in [5, 5.41) is 5.70. The van der Waals surface area contributed by atoms with E-state index in [1.165, 1.54) is 49.0 Å². The Hall–Kier alpha value is -0.760. The molecule has 4 aromatic carbocycles. The summed E-state index contributed by atoms with van der Waals surface area (Å²) in [6.07, 6.45) is 0. The molecule has 6 rings (SSSR count). The van der Waals surface area contributed by atoms with Gasteiger partial charge in [-0.3, -0.25) is 0 Å². The van der Waals surface area contributed by atoms with Gasteiger partial charge in [-0.15, -0.1) is 39.3 Å². The zero-order chi connectivity index (χ0) is 16.8. The van der Waals surface area contributed by atoms with Crippen LogP contribution < -0.4 is 35.2 Å². The van der Waals surface area contributed by atoms with E-state index in [-0.39, 0.29) is 51.0 Å². The van der Waals surface area contributed by atoms with Crippen molar-refractivity contribution in [2.24, 2.45) is 0 Å². The molecule has 0 saturated heterocycles. The first-order chi connectivity index (χ1) is 12.2. The maximum Gasteiger partial charge on any atom is 3.00 e. The van der Waals surface area contributed by atoms with E-state index in [0.29, 0.717) is 5.92 Å². The van der Waals surface area contributed by atoms with Crippen molar-refractivity contribution in [2.75, 3.05) is 0 Å². The molecule has 4 aromatic rings. The average Bonchev–Trinajstić information content (AvgIpc) is 2.97. The van der Waals surface area contributed by atoms with Gasteiger partial charge in [-0.05, 0) is 22.3 Å². The molecular weight excluding hydrogens is 502 g/mol. The van der Waals surface area contributed by atoms with Crippen molar-refractivity contribution in [3.05, 3.63) is 89.5 Å². The molecule has 0 N–H and O–H groups in total. The van der Waals surface area contributed by atoms with Crippen LogP contribution in [0.25, 0.3) is 21.9 Å². The predicted molar refractivity (Wildman–Crippen MR) is 109 cm³/mol. The van der Waals surface area contributed by atoms with Gasteiger partial charge < -0.3 is 24.8 Å². The molecule has 0 amide bonds. The first kappa shape index (κ1) is 21.9. The van der Waals surface area contributed by atoms with Gasteiger partial charge in [-0.2, -0.15) is 11.1 Å². The molecule has 2 aliphatic rings. The van der Waals surface area contributed by atoms with Crippen LogP contribution >= 0.6 is 11.1 Å². The second-order valence-electron chi connectivity index (χ2n) is 7.35. The Labute approximate surface area is 202 Å². The van der Waals surface area contributed by atoms with Crippen LogP contribution in [0, 0.1) is 0 Å². The van der Waals surface area contributed by atoms with Crippen molar-refractivity contribution < 1.29 is 51.0 Å². The maximum atomic E-state index is 6.85. The molecular formula is C23H16Cl3SiZr. The summed E-state index contributed by atoms with van der Waals surface area (Å²) in [5.41, 5.74) is 7.01. The number of benzene rings is 3. The van der Waals surface area contributed by atoms with Crippen LogP contribution in [0.2, 0.25) is 6.55 Å². The van der Waals surface area contributed by atoms with Crippen molar-refractivity contribution in [3.8, 4) is 11.1 Å². The Morgan fingerprint density at radius 1 is 0.786 bits per heavy atom. The third-order valence-corrected chi connectivity index (χ3v) is 9.80. The zero-order valence-corrected chi connectivity index (χ0v) is 20.9. The molecule has 137 valence electrons. The molecule has 0 fully saturated rings. The van der Waals surface area contributed by atoms with E-state index in [0.717, 1.165) is 0 Å². The number of hydrogen-bond donors (Lipinski definition) is 0. The molecule has 0 aromatic heterocycles. The van der Waals surface area contributed by atoms with Crippen molar-refractivity contribution in [1.29, 1.82) is 0 Å². The Morgan fingerprint density at radius 2 is 1.32 bits per heavy atom. The van der Waals surface area contributed by atoms with Crippen LogP contribution in [-0.4, -0.2) is 7.38 Å². The molecule has 0 bridgehead atoms. The van der Waals surface area contributed by atoms with Gasteiger partial charge in [0.25, 0.3) is 0 Å². The van der Waals surface area contributed by atoms with Gasteiger partial charge >= 0.3 is 26.2 Å². The number of fused-ring (bicyclic) bond motifs is 6. The van der Waals surface area contributed by atoms with E-state index in [4.69, 9.17) is 11.1 Å². The molecule has 1 heterocycles. The van der Waals surface area contributed by atoms with E-state index in [9.17, 15) is 0 Å². The second-order valence-corrected chi connectivity index (χ2v) is 12.7. The fourth-order valence-electron chi connectivity index (χ4n) is 4.84. The molecule has 1 unspecified atom stereocenters. The van der Waals surface area contributed by atoms with Crippen LogP contribution in [0.4, 0.5) is 0 Å². The Bertz CT molecular complexity index is 1150. The zero-order valence-electron chi connectivity index (χ0n) is 15.1. The van der Waals surface area contributed by atoms with E-state index in [2.05, 4.69) is 79.3 Å². The molecule has 1 atom stereocenters. The molecule has 28 heavy (non-hydrogen) atoms. The van der Waals surface area contributed by atoms with Crippen LogP contribution in [0.5, 0.6) is 0 Å². The first-order valence-corrected chi connectivity index (χ1v) is 12.3. The van der Waals surface area contributed by atoms with Crippen molar-refractivity contribution >= 4 is 39.6 Å². The largest absolute Gasteiger partial charge is 3.00 e. The monoisotopic (exact) mass is 515 g/mol. The Kier molecular flexibility index (Phi) is 5.87. The first-order valence-electron chi connectivity index (χ1n) is 8.78. The summed E-state index contributed by atoms with van der Waals surface area (Å²) in [7, 11) is -1.77. The SMILES string of the molecule is C[Si]1(Cl)c2[cH-]c3cccc(C4c5ccccc5-c5ccccc54)c3c21.[Cl-].[Cl-].[Zr+3]. The predicted octanol–water partition coefficient (Wildman–Crippen LogP) is -1.03. The summed E-state index contributed by atoms with van der Waals surface area (Å²) >= 11 is 6.85. The summed E-state index contributed by atoms with van der Waals surface area (Å²) in [6.45, 7) is 2.26. The minimum absolute atomic E-state index is 0. The van der Waals surface area contributed by atoms with Gasteiger partial charge in [-0.25, -0.2) is 0 Å². The molecule has 5 heteroatoms. The van der Waals surface area contributed by atoms with Crippen molar-refractivity contribution in [2.45, 2.75) is 12.5 Å². The van der Waals surface area contributed by atoms with Crippen LogP contribution in [0.15, 0.2) is 72.8 Å². The van der Waals surface area contributed by atoms with Gasteiger partial charge in [0.15, 0.2) is 0 Å². The van der Waals surface area contributed by atoms with Gasteiger partial charge in [-0.1, -0.05) is 66.7 Å². The van der Waals surface area contributed by atoms with Gasteiger partial charge in [0, 0.05) is 5.92 Å². The Balaban J connectivity index is 0.000000750. The van der Waals surface area contributed by atoms with E-state index in [1.807, 2.05) is 0 Å². The third kappa shape index (κ3) is 2.76. The molecule has 0 nitrogen and oxygen atoms in total. The van der Waals surface area contributed by atoms with E-state index >= 15 is 0 Å². The van der Waals surface area contributed by atoms with Gasteiger partial charge in [0.1, 0.15) is 7.38 Å². The van der Waals surface area contributed by atoms with E-state index in [1.54, 1.807) is 0 Å². The van der Waals surface area contributed by atoms with E-state index < -0.39 is 7.38 Å². The molecule has 1 radical (unpaired) electrons. The normalized spacial score (nSPS) is 18.2. The molecule has 1 aliphatic carbocycles.